The van der Waals surface area contributed by atoms with E-state index in [1.54, 1.807) is 0 Å². The predicted octanol–water partition coefficient (Wildman–Crippen LogP) is 2.02. The minimum atomic E-state index is -1.05. The van der Waals surface area contributed by atoms with Crippen LogP contribution in [0, 0.1) is 11.7 Å². The summed E-state index contributed by atoms with van der Waals surface area (Å²) in [6, 6.07) is 10.9. The van der Waals surface area contributed by atoms with Crippen molar-refractivity contribution >= 4 is 17.9 Å². The lowest BCUT2D eigenvalue weighted by molar-refractivity contribution is -0.131. The summed E-state index contributed by atoms with van der Waals surface area (Å²) in [5.74, 6) is -1.87. The van der Waals surface area contributed by atoms with Gasteiger partial charge in [0.15, 0.2) is 0 Å². The summed E-state index contributed by atoms with van der Waals surface area (Å²) in [5.41, 5.74) is 7.64. The monoisotopic (exact) mass is 501 g/mol. The molecule has 6 N–H and O–H groups in total. The molecular weight excluding hydrogens is 469 g/mol. The smallest absolute Gasteiger partial charge is 0.407 e. The number of carbonyl (C=O) groups is 3. The number of carbonyl (C=O) groups excluding carboxylic acids is 3. The maximum atomic E-state index is 13.3. The highest BCUT2D eigenvalue weighted by Gasteiger charge is 2.34. The molecule has 3 amide bonds. The van der Waals surface area contributed by atoms with Crippen LogP contribution < -0.4 is 16.4 Å². The molecule has 1 aliphatic rings. The van der Waals surface area contributed by atoms with E-state index in [2.05, 4.69) is 10.6 Å². The van der Waals surface area contributed by atoms with E-state index in [0.717, 1.165) is 30.4 Å². The summed E-state index contributed by atoms with van der Waals surface area (Å²) < 4.78 is 18.4. The van der Waals surface area contributed by atoms with E-state index in [0.29, 0.717) is 12.0 Å². The van der Waals surface area contributed by atoms with Gasteiger partial charge in [0.05, 0.1) is 19.3 Å². The molecule has 194 valence electrons. The molecule has 0 radical (unpaired) electrons. The van der Waals surface area contributed by atoms with E-state index in [1.807, 2.05) is 24.3 Å². The average Bonchev–Trinajstić information content (AvgIpc) is 2.89. The number of aliphatic hydroxyl groups is 2. The second-order valence-corrected chi connectivity index (χ2v) is 8.92. The van der Waals surface area contributed by atoms with Crippen LogP contribution in [0.4, 0.5) is 9.18 Å². The standard InChI is InChI=1S/C26H32FN3O6/c27-19-11-9-18(10-12-19)23(24(28)33)30-25(34)22-4-2-1-3-21(22)17-7-5-16(6-8-17)15-36-26(35)29-20(13-31)14-32/h5-12,20-23,31-32H,1-4,13-15H2,(H2,28,33)(H,29,35)(H,30,34)/t21-,22+,23-/m0/s1. The first kappa shape index (κ1) is 27.1. The highest BCUT2D eigenvalue weighted by atomic mass is 19.1. The summed E-state index contributed by atoms with van der Waals surface area (Å²) >= 11 is 0. The number of hydrogen-bond donors (Lipinski definition) is 5. The third-order valence-corrected chi connectivity index (χ3v) is 6.42. The van der Waals surface area contributed by atoms with Crippen molar-refractivity contribution < 1.29 is 33.7 Å². The molecule has 1 aliphatic carbocycles. The van der Waals surface area contributed by atoms with Crippen LogP contribution in [-0.4, -0.2) is 47.4 Å². The molecule has 0 aromatic heterocycles. The number of ether oxygens (including phenoxy) is 1. The summed E-state index contributed by atoms with van der Waals surface area (Å²) in [6.45, 7) is -0.802. The maximum absolute atomic E-state index is 13.3. The van der Waals surface area contributed by atoms with E-state index in [4.69, 9.17) is 20.7 Å². The Morgan fingerprint density at radius 2 is 1.61 bits per heavy atom. The summed E-state index contributed by atoms with van der Waals surface area (Å²) in [4.78, 5) is 37.1. The largest absolute Gasteiger partial charge is 0.445 e. The van der Waals surface area contributed by atoms with Crippen LogP contribution in [0.5, 0.6) is 0 Å². The van der Waals surface area contributed by atoms with Crippen LogP contribution in [0.3, 0.4) is 0 Å². The molecule has 0 saturated heterocycles. The molecule has 2 aromatic carbocycles. The van der Waals surface area contributed by atoms with Crippen molar-refractivity contribution in [2.75, 3.05) is 13.2 Å². The quantitative estimate of drug-likeness (QED) is 0.336. The Hall–Kier alpha value is -3.50. The Morgan fingerprint density at radius 3 is 2.22 bits per heavy atom. The first-order valence-electron chi connectivity index (χ1n) is 11.9. The summed E-state index contributed by atoms with van der Waals surface area (Å²) in [5, 5.41) is 23.1. The van der Waals surface area contributed by atoms with Crippen molar-refractivity contribution in [2.24, 2.45) is 11.7 Å². The van der Waals surface area contributed by atoms with Crippen molar-refractivity contribution in [1.82, 2.24) is 10.6 Å². The number of rotatable bonds is 10. The molecule has 3 rings (SSSR count). The summed E-state index contributed by atoms with van der Waals surface area (Å²) in [7, 11) is 0. The van der Waals surface area contributed by atoms with Gasteiger partial charge in [0.1, 0.15) is 18.5 Å². The first-order chi connectivity index (χ1) is 17.3. The SMILES string of the molecule is NC(=O)[C@@H](NC(=O)[C@@H]1CCCC[C@H]1c1ccc(COC(=O)NC(CO)CO)cc1)c1ccc(F)cc1. The first-order valence-corrected chi connectivity index (χ1v) is 11.9. The van der Waals surface area contributed by atoms with Crippen molar-refractivity contribution in [1.29, 1.82) is 0 Å². The number of benzene rings is 2. The van der Waals surface area contributed by atoms with E-state index in [1.165, 1.54) is 24.3 Å². The minimum absolute atomic E-state index is 0.00222. The van der Waals surface area contributed by atoms with Gasteiger partial charge in [0.25, 0.3) is 0 Å². The molecule has 0 spiro atoms. The molecule has 0 heterocycles. The van der Waals surface area contributed by atoms with Crippen molar-refractivity contribution in [3.05, 3.63) is 71.0 Å². The van der Waals surface area contributed by atoms with Gasteiger partial charge in [-0.2, -0.15) is 0 Å². The maximum Gasteiger partial charge on any atom is 0.407 e. The number of aliphatic hydroxyl groups excluding tert-OH is 2. The van der Waals surface area contributed by atoms with Gasteiger partial charge in [0, 0.05) is 5.92 Å². The molecule has 1 fully saturated rings. The van der Waals surface area contributed by atoms with Crippen LogP contribution in [0.25, 0.3) is 0 Å². The second-order valence-electron chi connectivity index (χ2n) is 8.92. The zero-order valence-electron chi connectivity index (χ0n) is 19.9. The second kappa shape index (κ2) is 13.0. The van der Waals surface area contributed by atoms with Gasteiger partial charge in [-0.3, -0.25) is 9.59 Å². The molecule has 0 bridgehead atoms. The molecule has 10 heteroatoms. The number of nitrogens with one attached hydrogen (secondary N) is 2. The lowest BCUT2D eigenvalue weighted by Gasteiger charge is -2.32. The third-order valence-electron chi connectivity index (χ3n) is 6.42. The topological polar surface area (TPSA) is 151 Å². The van der Waals surface area contributed by atoms with Crippen LogP contribution in [0.1, 0.15) is 54.3 Å². The van der Waals surface area contributed by atoms with Crippen LogP contribution in [-0.2, 0) is 20.9 Å². The fraction of sp³-hybridized carbons (Fsp3) is 0.423. The molecule has 0 unspecified atom stereocenters. The van der Waals surface area contributed by atoms with Gasteiger partial charge in [-0.1, -0.05) is 49.2 Å². The zero-order chi connectivity index (χ0) is 26.1. The fourth-order valence-corrected chi connectivity index (χ4v) is 4.43. The third kappa shape index (κ3) is 7.25. The molecule has 0 aliphatic heterocycles. The van der Waals surface area contributed by atoms with Crippen molar-refractivity contribution in [3.63, 3.8) is 0 Å². The van der Waals surface area contributed by atoms with Gasteiger partial charge in [-0.25, -0.2) is 9.18 Å². The van der Waals surface area contributed by atoms with Gasteiger partial charge in [0.2, 0.25) is 11.8 Å². The Kier molecular flexibility index (Phi) is 9.77. The molecule has 36 heavy (non-hydrogen) atoms. The Morgan fingerprint density at radius 1 is 0.972 bits per heavy atom. The van der Waals surface area contributed by atoms with Gasteiger partial charge < -0.3 is 31.3 Å². The highest BCUT2D eigenvalue weighted by molar-refractivity contribution is 5.89. The van der Waals surface area contributed by atoms with Crippen LogP contribution in [0.15, 0.2) is 48.5 Å². The Balaban J connectivity index is 1.65. The van der Waals surface area contributed by atoms with E-state index >= 15 is 0 Å². The molecule has 2 aromatic rings. The Bertz CT molecular complexity index is 1030. The van der Waals surface area contributed by atoms with Crippen molar-refractivity contribution in [2.45, 2.75) is 50.3 Å². The van der Waals surface area contributed by atoms with Gasteiger partial charge >= 0.3 is 6.09 Å². The number of primary amides is 1. The lowest BCUT2D eigenvalue weighted by atomic mass is 9.74. The number of alkyl carbamates (subject to hydrolysis) is 1. The lowest BCUT2D eigenvalue weighted by Crippen LogP contribution is -2.42. The van der Waals surface area contributed by atoms with Crippen molar-refractivity contribution in [3.8, 4) is 0 Å². The molecule has 9 nitrogen and oxygen atoms in total. The minimum Gasteiger partial charge on any atom is -0.445 e. The molecule has 3 atom stereocenters. The van der Waals surface area contributed by atoms with E-state index < -0.39 is 43.1 Å². The van der Waals surface area contributed by atoms with Crippen LogP contribution in [0.2, 0.25) is 0 Å². The highest BCUT2D eigenvalue weighted by Crippen LogP contribution is 2.38. The zero-order valence-corrected chi connectivity index (χ0v) is 19.9. The normalized spacial score (nSPS) is 18.3. The van der Waals surface area contributed by atoms with E-state index in [-0.39, 0.29) is 24.3 Å². The van der Waals surface area contributed by atoms with Gasteiger partial charge in [-0.15, -0.1) is 0 Å². The molecular formula is C26H32FN3O6. The fourth-order valence-electron chi connectivity index (χ4n) is 4.43. The number of halogens is 1. The molecule has 1 saturated carbocycles. The number of amides is 3. The van der Waals surface area contributed by atoms with Crippen LogP contribution >= 0.6 is 0 Å². The van der Waals surface area contributed by atoms with Gasteiger partial charge in [-0.05, 0) is 47.6 Å². The Labute approximate surface area is 208 Å². The predicted molar refractivity (Wildman–Crippen MR) is 129 cm³/mol. The van der Waals surface area contributed by atoms with E-state index in [9.17, 15) is 18.8 Å². The average molecular weight is 502 g/mol. The summed E-state index contributed by atoms with van der Waals surface area (Å²) in [6.07, 6.45) is 2.57. The number of nitrogens with two attached hydrogens (primary N) is 1. The number of hydrogen-bond acceptors (Lipinski definition) is 6.